The molecule has 0 bridgehead atoms. The number of carbonyl (C=O) groups is 1. The highest BCUT2D eigenvalue weighted by atomic mass is 32.2. The number of allylic oxidation sites excluding steroid dienone is 1. The lowest BCUT2D eigenvalue weighted by atomic mass is 9.96. The summed E-state index contributed by atoms with van der Waals surface area (Å²) < 4.78 is 46.1. The molecule has 0 spiro atoms. The smallest absolute Gasteiger partial charge is 0.338 e. The number of oxazole rings is 1. The largest absolute Gasteiger partial charge is 0.463 e. The molecule has 1 atom stereocenters. The Morgan fingerprint density at radius 1 is 1.09 bits per heavy atom. The third kappa shape index (κ3) is 5.42. The maximum absolute atomic E-state index is 14.0. The lowest BCUT2D eigenvalue weighted by Crippen LogP contribution is -2.39. The van der Waals surface area contributed by atoms with Crippen molar-refractivity contribution < 1.29 is 27.1 Å². The maximum atomic E-state index is 14.0. The Balaban J connectivity index is 1.51. The van der Waals surface area contributed by atoms with Crippen molar-refractivity contribution in [1.82, 2.24) is 9.55 Å². The van der Waals surface area contributed by atoms with E-state index >= 15 is 0 Å². The van der Waals surface area contributed by atoms with Gasteiger partial charge in [-0.3, -0.25) is 9.36 Å². The molecule has 2 aliphatic rings. The highest BCUT2D eigenvalue weighted by molar-refractivity contribution is 7.91. The molecule has 13 heteroatoms. The topological polar surface area (TPSA) is 133 Å². The number of hydrogen-bond acceptors (Lipinski definition) is 11. The van der Waals surface area contributed by atoms with Gasteiger partial charge < -0.3 is 18.8 Å². The van der Waals surface area contributed by atoms with Gasteiger partial charge in [0.25, 0.3) is 5.56 Å². The Hall–Kier alpha value is -4.33. The van der Waals surface area contributed by atoms with Crippen LogP contribution in [-0.2, 0) is 24.1 Å². The Morgan fingerprint density at radius 2 is 1.80 bits per heavy atom. The van der Waals surface area contributed by atoms with E-state index in [1.807, 2.05) is 37.3 Å². The van der Waals surface area contributed by atoms with Crippen LogP contribution in [0.15, 0.2) is 90.0 Å². The second-order valence-electron chi connectivity index (χ2n) is 10.3. The zero-order valence-corrected chi connectivity index (χ0v) is 26.0. The molecule has 0 unspecified atom stereocenters. The second kappa shape index (κ2) is 12.0. The minimum absolute atomic E-state index is 0.0416. The summed E-state index contributed by atoms with van der Waals surface area (Å²) in [5.74, 6) is -0.499. The Labute approximate surface area is 257 Å². The van der Waals surface area contributed by atoms with E-state index in [9.17, 15) is 18.0 Å². The summed E-state index contributed by atoms with van der Waals surface area (Å²) in [6.07, 6.45) is 1.42. The molecule has 0 N–H and O–H groups in total. The summed E-state index contributed by atoms with van der Waals surface area (Å²) in [6.45, 7) is 7.12. The molecule has 44 heavy (non-hydrogen) atoms. The van der Waals surface area contributed by atoms with E-state index in [0.29, 0.717) is 36.8 Å². The van der Waals surface area contributed by atoms with Crippen molar-refractivity contribution >= 4 is 39.1 Å². The number of sulfone groups is 1. The SMILES string of the molecule is CCOC(=O)C1=C(C)N=c2s/c(=C/c3nc(S(=O)(=O)c4ccc(C)cc4)c(N4CCOCC4)o3)c(=O)n2[C@H]1c1ccccc1. The summed E-state index contributed by atoms with van der Waals surface area (Å²) in [7, 11) is -4.06. The lowest BCUT2D eigenvalue weighted by Gasteiger charge is -2.26. The van der Waals surface area contributed by atoms with Crippen LogP contribution in [0.5, 0.6) is 0 Å². The highest BCUT2D eigenvalue weighted by Gasteiger charge is 2.34. The van der Waals surface area contributed by atoms with Crippen molar-refractivity contribution in [3.63, 3.8) is 0 Å². The number of aryl methyl sites for hydroxylation is 1. The third-order valence-corrected chi connectivity index (χ3v) is 10.0. The van der Waals surface area contributed by atoms with Gasteiger partial charge in [-0.1, -0.05) is 59.4 Å². The molecule has 0 radical (unpaired) electrons. The molecule has 0 saturated carbocycles. The van der Waals surface area contributed by atoms with E-state index in [1.54, 1.807) is 30.9 Å². The molecule has 2 aromatic carbocycles. The lowest BCUT2D eigenvalue weighted by molar-refractivity contribution is -0.139. The zero-order valence-electron chi connectivity index (χ0n) is 24.3. The molecule has 2 aliphatic heterocycles. The van der Waals surface area contributed by atoms with Crippen molar-refractivity contribution in [2.24, 2.45) is 4.99 Å². The van der Waals surface area contributed by atoms with Crippen LogP contribution in [0.25, 0.3) is 6.08 Å². The molecular weight excluding hydrogens is 604 g/mol. The first-order valence-electron chi connectivity index (χ1n) is 14.1. The molecule has 11 nitrogen and oxygen atoms in total. The average molecular weight is 635 g/mol. The normalized spacial score (nSPS) is 17.4. The Morgan fingerprint density at radius 3 is 2.48 bits per heavy atom. The van der Waals surface area contributed by atoms with Crippen LogP contribution in [0.3, 0.4) is 0 Å². The molecule has 0 aliphatic carbocycles. The number of aromatic nitrogens is 2. The molecular formula is C31H30N4O7S2. The molecule has 0 amide bonds. The van der Waals surface area contributed by atoms with Gasteiger partial charge in [-0.15, -0.1) is 0 Å². The number of hydrogen-bond donors (Lipinski definition) is 0. The number of thiazole rings is 1. The molecule has 4 aromatic rings. The first-order chi connectivity index (χ1) is 21.2. The molecule has 1 fully saturated rings. The van der Waals surface area contributed by atoms with Crippen LogP contribution in [0.1, 0.15) is 36.9 Å². The predicted octanol–water partition coefficient (Wildman–Crippen LogP) is 2.76. The van der Waals surface area contributed by atoms with E-state index in [1.165, 1.54) is 22.8 Å². The summed E-state index contributed by atoms with van der Waals surface area (Å²) in [6, 6.07) is 14.9. The number of fused-ring (bicyclic) bond motifs is 1. The zero-order chi connectivity index (χ0) is 31.0. The molecule has 6 rings (SSSR count). The van der Waals surface area contributed by atoms with Gasteiger partial charge in [-0.25, -0.2) is 18.2 Å². The highest BCUT2D eigenvalue weighted by Crippen LogP contribution is 2.33. The van der Waals surface area contributed by atoms with Crippen molar-refractivity contribution in [2.45, 2.75) is 36.7 Å². The van der Waals surface area contributed by atoms with E-state index < -0.39 is 27.4 Å². The molecule has 1 saturated heterocycles. The van der Waals surface area contributed by atoms with Crippen LogP contribution in [-0.4, -0.2) is 56.8 Å². The fraction of sp³-hybridized carbons (Fsp3) is 0.290. The van der Waals surface area contributed by atoms with Crippen molar-refractivity contribution in [2.75, 3.05) is 37.8 Å². The summed E-state index contributed by atoms with van der Waals surface area (Å²) in [5.41, 5.74) is 1.93. The molecule has 2 aromatic heterocycles. The fourth-order valence-corrected chi connectivity index (χ4v) is 7.54. The minimum Gasteiger partial charge on any atom is -0.463 e. The van der Waals surface area contributed by atoms with Crippen LogP contribution in [0.2, 0.25) is 0 Å². The number of esters is 1. The number of nitrogens with zero attached hydrogens (tertiary/aromatic N) is 4. The number of benzene rings is 2. The average Bonchev–Trinajstić information content (AvgIpc) is 3.59. The quantitative estimate of drug-likeness (QED) is 0.282. The summed E-state index contributed by atoms with van der Waals surface area (Å²) in [4.78, 5) is 38.3. The summed E-state index contributed by atoms with van der Waals surface area (Å²) >= 11 is 1.10. The van der Waals surface area contributed by atoms with Gasteiger partial charge in [0.05, 0.1) is 42.0 Å². The number of rotatable bonds is 7. The van der Waals surface area contributed by atoms with Gasteiger partial charge in [-0.05, 0) is 38.5 Å². The standard InChI is InChI=1S/C31H30N4O7S2/c1-4-41-30(37)25-20(3)32-31-35(26(25)21-8-6-5-7-9-21)28(36)23(43-31)18-24-33-27(29(42-24)34-14-16-40-17-15-34)44(38,39)22-12-10-19(2)11-13-22/h5-13,18,26H,4,14-17H2,1-3H3/b23-18+/t26-/m0/s1. The van der Waals surface area contributed by atoms with Gasteiger partial charge in [0.1, 0.15) is 4.53 Å². The van der Waals surface area contributed by atoms with Crippen molar-refractivity contribution in [3.8, 4) is 0 Å². The van der Waals surface area contributed by atoms with Gasteiger partial charge >= 0.3 is 5.97 Å². The van der Waals surface area contributed by atoms with Gasteiger partial charge in [0.15, 0.2) is 4.80 Å². The van der Waals surface area contributed by atoms with E-state index in [4.69, 9.17) is 13.9 Å². The number of anilines is 1. The fourth-order valence-electron chi connectivity index (χ4n) is 5.20. The number of ether oxygens (including phenoxy) is 2. The molecule has 228 valence electrons. The minimum atomic E-state index is -4.06. The van der Waals surface area contributed by atoms with E-state index in [0.717, 1.165) is 22.5 Å². The maximum Gasteiger partial charge on any atom is 0.338 e. The predicted molar refractivity (Wildman–Crippen MR) is 163 cm³/mol. The van der Waals surface area contributed by atoms with Crippen molar-refractivity contribution in [3.05, 3.63) is 103 Å². The number of morpholine rings is 1. The third-order valence-electron chi connectivity index (χ3n) is 7.37. The van der Waals surface area contributed by atoms with Crippen LogP contribution in [0.4, 0.5) is 5.88 Å². The van der Waals surface area contributed by atoms with Crippen LogP contribution >= 0.6 is 11.3 Å². The van der Waals surface area contributed by atoms with Gasteiger partial charge in [0.2, 0.25) is 26.6 Å². The first kappa shape index (κ1) is 29.7. The van der Waals surface area contributed by atoms with E-state index in [2.05, 4.69) is 9.98 Å². The molecule has 4 heterocycles. The van der Waals surface area contributed by atoms with E-state index in [-0.39, 0.29) is 38.4 Å². The summed E-state index contributed by atoms with van der Waals surface area (Å²) in [5, 5.41) is -0.232. The van der Waals surface area contributed by atoms with Gasteiger partial charge in [-0.2, -0.15) is 4.98 Å². The monoisotopic (exact) mass is 634 g/mol. The van der Waals surface area contributed by atoms with Crippen LogP contribution in [0, 0.1) is 6.92 Å². The van der Waals surface area contributed by atoms with Crippen LogP contribution < -0.4 is 19.8 Å². The Bertz CT molecular complexity index is 2040. The van der Waals surface area contributed by atoms with Gasteiger partial charge in [0, 0.05) is 19.2 Å². The Kier molecular flexibility index (Phi) is 8.10. The first-order valence-corrected chi connectivity index (χ1v) is 16.4. The second-order valence-corrected chi connectivity index (χ2v) is 13.2. The van der Waals surface area contributed by atoms with Crippen molar-refractivity contribution in [1.29, 1.82) is 0 Å². The number of carbonyl (C=O) groups excluding carboxylic acids is 1.